The molecule has 1 amide bonds. The third-order valence-corrected chi connectivity index (χ3v) is 2.11. The Labute approximate surface area is 88.3 Å². The molecule has 0 aromatic carbocycles. The molecule has 1 N–H and O–H groups in total. The molecule has 0 radical (unpaired) electrons. The number of aliphatic carboxylic acids is 1. The number of nitrogens with zero attached hydrogens (tertiary/aromatic N) is 1. The molecule has 84 valence electrons. The summed E-state index contributed by atoms with van der Waals surface area (Å²) in [5, 5.41) is 8.38. The van der Waals surface area contributed by atoms with Crippen molar-refractivity contribution in [2.24, 2.45) is 0 Å². The van der Waals surface area contributed by atoms with Gasteiger partial charge in [-0.15, -0.1) is 0 Å². The molecule has 1 fully saturated rings. The molecule has 0 aromatic heterocycles. The van der Waals surface area contributed by atoms with Crippen molar-refractivity contribution in [3.63, 3.8) is 0 Å². The number of carbonyl (C=O) groups excluding carboxylic acids is 1. The van der Waals surface area contributed by atoms with E-state index in [1.54, 1.807) is 4.90 Å². The second-order valence-corrected chi connectivity index (χ2v) is 4.04. The van der Waals surface area contributed by atoms with Gasteiger partial charge in [-0.05, 0) is 13.8 Å². The van der Waals surface area contributed by atoms with Gasteiger partial charge in [-0.2, -0.15) is 0 Å². The number of carboxylic acid groups (broad SMARTS) is 1. The summed E-state index contributed by atoms with van der Waals surface area (Å²) in [6.07, 6.45) is 1.93. The lowest BCUT2D eigenvalue weighted by Crippen LogP contribution is -2.50. The van der Waals surface area contributed by atoms with E-state index in [9.17, 15) is 9.59 Å². The standard InChI is InChI=1S/C10H15NO4/c1-10(2)7-11(5-6-15-10)8(12)3-4-9(13)14/h3-4H,5-7H2,1-2H3,(H,13,14)/b4-3+. The van der Waals surface area contributed by atoms with Crippen molar-refractivity contribution in [3.8, 4) is 0 Å². The van der Waals surface area contributed by atoms with Crippen LogP contribution < -0.4 is 0 Å². The second kappa shape index (κ2) is 4.44. The van der Waals surface area contributed by atoms with Gasteiger partial charge in [0.25, 0.3) is 0 Å². The van der Waals surface area contributed by atoms with E-state index in [2.05, 4.69) is 0 Å². The molecule has 0 atom stereocenters. The first-order valence-corrected chi connectivity index (χ1v) is 4.74. The van der Waals surface area contributed by atoms with E-state index in [0.29, 0.717) is 19.7 Å². The monoisotopic (exact) mass is 213 g/mol. The summed E-state index contributed by atoms with van der Waals surface area (Å²) in [5.74, 6) is -1.40. The van der Waals surface area contributed by atoms with Gasteiger partial charge in [0.05, 0.1) is 12.2 Å². The van der Waals surface area contributed by atoms with Crippen LogP contribution in [0, 0.1) is 0 Å². The lowest BCUT2D eigenvalue weighted by molar-refractivity contribution is -0.141. The number of carbonyl (C=O) groups is 2. The summed E-state index contributed by atoms with van der Waals surface area (Å²) in [6, 6.07) is 0. The molecule has 1 aliphatic rings. The zero-order valence-corrected chi connectivity index (χ0v) is 8.90. The fraction of sp³-hybridized carbons (Fsp3) is 0.600. The van der Waals surface area contributed by atoms with Crippen molar-refractivity contribution in [2.45, 2.75) is 19.4 Å². The fourth-order valence-corrected chi connectivity index (χ4v) is 1.45. The van der Waals surface area contributed by atoms with Gasteiger partial charge in [0, 0.05) is 25.2 Å². The van der Waals surface area contributed by atoms with Gasteiger partial charge in [-0.25, -0.2) is 4.79 Å². The number of carboxylic acids is 1. The quantitative estimate of drug-likeness (QED) is 0.668. The molecule has 15 heavy (non-hydrogen) atoms. The Hall–Kier alpha value is -1.36. The maximum atomic E-state index is 11.5. The molecule has 0 unspecified atom stereocenters. The zero-order valence-electron chi connectivity index (χ0n) is 8.90. The second-order valence-electron chi connectivity index (χ2n) is 4.04. The highest BCUT2D eigenvalue weighted by molar-refractivity contribution is 5.93. The van der Waals surface area contributed by atoms with Gasteiger partial charge in [0.15, 0.2) is 0 Å². The van der Waals surface area contributed by atoms with Crippen molar-refractivity contribution < 1.29 is 19.4 Å². The first kappa shape index (κ1) is 11.7. The van der Waals surface area contributed by atoms with Crippen LogP contribution in [0.1, 0.15) is 13.8 Å². The Morgan fingerprint density at radius 3 is 2.60 bits per heavy atom. The number of amides is 1. The largest absolute Gasteiger partial charge is 0.478 e. The number of rotatable bonds is 2. The van der Waals surface area contributed by atoms with Crippen molar-refractivity contribution in [1.82, 2.24) is 4.90 Å². The third-order valence-electron chi connectivity index (χ3n) is 2.11. The van der Waals surface area contributed by atoms with Crippen LogP contribution in [0.3, 0.4) is 0 Å². The van der Waals surface area contributed by atoms with Crippen LogP contribution >= 0.6 is 0 Å². The van der Waals surface area contributed by atoms with E-state index in [0.717, 1.165) is 12.2 Å². The average molecular weight is 213 g/mol. The zero-order chi connectivity index (χ0) is 11.5. The summed E-state index contributed by atoms with van der Waals surface area (Å²) in [6.45, 7) is 5.27. The van der Waals surface area contributed by atoms with Crippen LogP contribution in [-0.4, -0.2) is 47.2 Å². The molecule has 0 saturated carbocycles. The molecule has 1 rings (SSSR count). The highest BCUT2D eigenvalue weighted by atomic mass is 16.5. The summed E-state index contributed by atoms with van der Waals surface area (Å²) in [5.41, 5.74) is -0.356. The maximum Gasteiger partial charge on any atom is 0.328 e. The minimum absolute atomic E-state index is 0.284. The number of hydrogen-bond donors (Lipinski definition) is 1. The summed E-state index contributed by atoms with van der Waals surface area (Å²) < 4.78 is 5.44. The van der Waals surface area contributed by atoms with Gasteiger partial charge in [-0.1, -0.05) is 0 Å². The van der Waals surface area contributed by atoms with Gasteiger partial charge in [0.2, 0.25) is 5.91 Å². The Bertz CT molecular complexity index is 296. The Balaban J connectivity index is 2.57. The molecule has 0 bridgehead atoms. The van der Waals surface area contributed by atoms with Crippen LogP contribution in [0.15, 0.2) is 12.2 Å². The average Bonchev–Trinajstić information content (AvgIpc) is 2.12. The molecule has 5 nitrogen and oxygen atoms in total. The summed E-state index contributed by atoms with van der Waals surface area (Å²) >= 11 is 0. The third kappa shape index (κ3) is 3.71. The van der Waals surface area contributed by atoms with Crippen LogP contribution in [0.5, 0.6) is 0 Å². The van der Waals surface area contributed by atoms with Gasteiger partial charge in [0.1, 0.15) is 0 Å². The summed E-state index contributed by atoms with van der Waals surface area (Å²) in [7, 11) is 0. The molecule has 0 aliphatic carbocycles. The summed E-state index contributed by atoms with van der Waals surface area (Å²) in [4.78, 5) is 23.3. The first-order chi connectivity index (χ1) is 6.91. The Kier molecular flexibility index (Phi) is 3.47. The predicted octanol–water partition coefficient (Wildman–Crippen LogP) is 0.265. The van der Waals surface area contributed by atoms with Gasteiger partial charge >= 0.3 is 5.97 Å². The van der Waals surface area contributed by atoms with Crippen molar-refractivity contribution >= 4 is 11.9 Å². The van der Waals surface area contributed by atoms with Crippen LogP contribution in [0.25, 0.3) is 0 Å². The maximum absolute atomic E-state index is 11.5. The molecule has 1 heterocycles. The van der Waals surface area contributed by atoms with Crippen LogP contribution in [0.2, 0.25) is 0 Å². The SMILES string of the molecule is CC1(C)CN(C(=O)/C=C/C(=O)O)CCO1. The molecular formula is C10H15NO4. The molecule has 0 spiro atoms. The predicted molar refractivity (Wildman–Crippen MR) is 53.4 cm³/mol. The molecular weight excluding hydrogens is 198 g/mol. The van der Waals surface area contributed by atoms with Crippen molar-refractivity contribution in [2.75, 3.05) is 19.7 Å². The first-order valence-electron chi connectivity index (χ1n) is 4.74. The van der Waals surface area contributed by atoms with Gasteiger partial charge < -0.3 is 14.7 Å². The minimum Gasteiger partial charge on any atom is -0.478 e. The fourth-order valence-electron chi connectivity index (χ4n) is 1.45. The molecule has 0 aromatic rings. The normalized spacial score (nSPS) is 20.5. The smallest absolute Gasteiger partial charge is 0.328 e. The molecule has 5 heteroatoms. The van der Waals surface area contributed by atoms with E-state index in [1.165, 1.54) is 0 Å². The number of ether oxygens (including phenoxy) is 1. The van der Waals surface area contributed by atoms with Crippen LogP contribution in [-0.2, 0) is 14.3 Å². The highest BCUT2D eigenvalue weighted by Crippen LogP contribution is 2.16. The Morgan fingerprint density at radius 1 is 1.40 bits per heavy atom. The topological polar surface area (TPSA) is 66.8 Å². The molecule has 1 aliphatic heterocycles. The number of hydrogen-bond acceptors (Lipinski definition) is 3. The highest BCUT2D eigenvalue weighted by Gasteiger charge is 2.28. The number of morpholine rings is 1. The van der Waals surface area contributed by atoms with E-state index in [4.69, 9.17) is 9.84 Å². The lowest BCUT2D eigenvalue weighted by atomic mass is 10.1. The van der Waals surface area contributed by atoms with Crippen molar-refractivity contribution in [3.05, 3.63) is 12.2 Å². The Morgan fingerprint density at radius 2 is 2.07 bits per heavy atom. The molecule has 1 saturated heterocycles. The van der Waals surface area contributed by atoms with E-state index in [1.807, 2.05) is 13.8 Å². The van der Waals surface area contributed by atoms with Crippen LogP contribution in [0.4, 0.5) is 0 Å². The minimum atomic E-state index is -1.11. The van der Waals surface area contributed by atoms with Gasteiger partial charge in [-0.3, -0.25) is 4.79 Å². The van der Waals surface area contributed by atoms with E-state index < -0.39 is 5.97 Å². The van der Waals surface area contributed by atoms with E-state index in [-0.39, 0.29) is 11.5 Å². The van der Waals surface area contributed by atoms with Crippen molar-refractivity contribution in [1.29, 1.82) is 0 Å². The lowest BCUT2D eigenvalue weighted by Gasteiger charge is -2.37. The van der Waals surface area contributed by atoms with E-state index >= 15 is 0 Å².